The van der Waals surface area contributed by atoms with Crippen LogP contribution in [0.25, 0.3) is 31.1 Å². The van der Waals surface area contributed by atoms with E-state index in [-0.39, 0.29) is 5.43 Å². The van der Waals surface area contributed by atoms with Gasteiger partial charge >= 0.3 is 0 Å². The van der Waals surface area contributed by atoms with E-state index in [4.69, 9.17) is 9.72 Å². The molecule has 0 bridgehead atoms. The van der Waals surface area contributed by atoms with Gasteiger partial charge in [0.1, 0.15) is 11.6 Å². The number of rotatable bonds is 1. The molecule has 5 rings (SSSR count). The number of hydrogen-bond donors (Lipinski definition) is 0. The van der Waals surface area contributed by atoms with Crippen LogP contribution >= 0.6 is 11.3 Å². The van der Waals surface area contributed by atoms with Crippen LogP contribution in [0.3, 0.4) is 0 Å². The molecule has 1 saturated heterocycles. The van der Waals surface area contributed by atoms with Gasteiger partial charge in [0.25, 0.3) is 0 Å². The zero-order chi connectivity index (χ0) is 17.7. The van der Waals surface area contributed by atoms with E-state index < -0.39 is 5.82 Å². The first-order valence-electron chi connectivity index (χ1n) is 8.50. The molecule has 26 heavy (non-hydrogen) atoms. The molecular weight excluding hydrogens is 351 g/mol. The van der Waals surface area contributed by atoms with E-state index in [1.807, 2.05) is 24.3 Å². The lowest BCUT2D eigenvalue weighted by Gasteiger charge is -2.28. The molecule has 1 aliphatic heterocycles. The van der Waals surface area contributed by atoms with Gasteiger partial charge in [-0.25, -0.2) is 9.37 Å². The molecule has 0 amide bonds. The van der Waals surface area contributed by atoms with Gasteiger partial charge in [0.2, 0.25) is 0 Å². The highest BCUT2D eigenvalue weighted by Crippen LogP contribution is 2.35. The first-order chi connectivity index (χ1) is 12.7. The third-order valence-electron chi connectivity index (χ3n) is 4.77. The maximum atomic E-state index is 13.7. The molecule has 6 heteroatoms. The SMILES string of the molecule is O=c1c2cc(F)ccc2sc2c(N3CCOCC3)nc3ccccc3c12. The summed E-state index contributed by atoms with van der Waals surface area (Å²) >= 11 is 1.50. The zero-order valence-electron chi connectivity index (χ0n) is 13.9. The number of benzene rings is 2. The quantitative estimate of drug-likeness (QED) is 0.378. The van der Waals surface area contributed by atoms with Crippen molar-refractivity contribution in [2.24, 2.45) is 0 Å². The monoisotopic (exact) mass is 366 g/mol. The number of aromatic nitrogens is 1. The van der Waals surface area contributed by atoms with Crippen LogP contribution in [0.5, 0.6) is 0 Å². The summed E-state index contributed by atoms with van der Waals surface area (Å²) < 4.78 is 20.8. The minimum atomic E-state index is -0.395. The lowest BCUT2D eigenvalue weighted by atomic mass is 10.1. The van der Waals surface area contributed by atoms with Crippen LogP contribution in [-0.4, -0.2) is 31.3 Å². The first-order valence-corrected chi connectivity index (χ1v) is 9.31. The van der Waals surface area contributed by atoms with Gasteiger partial charge in [0, 0.05) is 28.6 Å². The van der Waals surface area contributed by atoms with Crippen molar-refractivity contribution < 1.29 is 9.13 Å². The Morgan fingerprint density at radius 3 is 2.73 bits per heavy atom. The van der Waals surface area contributed by atoms with E-state index >= 15 is 0 Å². The second-order valence-corrected chi connectivity index (χ2v) is 7.38. The van der Waals surface area contributed by atoms with Gasteiger partial charge in [-0.1, -0.05) is 18.2 Å². The fraction of sp³-hybridized carbons (Fsp3) is 0.200. The van der Waals surface area contributed by atoms with Crippen molar-refractivity contribution in [3.8, 4) is 0 Å². The summed E-state index contributed by atoms with van der Waals surface area (Å²) in [5.74, 6) is 0.420. The minimum absolute atomic E-state index is 0.138. The molecule has 0 unspecified atom stereocenters. The van der Waals surface area contributed by atoms with Gasteiger partial charge in [-0.2, -0.15) is 0 Å². The van der Waals surface area contributed by atoms with E-state index in [9.17, 15) is 9.18 Å². The molecule has 4 nitrogen and oxygen atoms in total. The summed E-state index contributed by atoms with van der Waals surface area (Å²) in [4.78, 5) is 20.3. The van der Waals surface area contributed by atoms with Gasteiger partial charge in [-0.3, -0.25) is 4.79 Å². The topological polar surface area (TPSA) is 42.4 Å². The van der Waals surface area contributed by atoms with Gasteiger partial charge < -0.3 is 9.64 Å². The Balaban J connectivity index is 1.96. The highest BCUT2D eigenvalue weighted by atomic mass is 32.1. The van der Waals surface area contributed by atoms with E-state index in [2.05, 4.69) is 4.90 Å². The van der Waals surface area contributed by atoms with Gasteiger partial charge in [-0.05, 0) is 24.3 Å². The summed E-state index contributed by atoms with van der Waals surface area (Å²) in [5.41, 5.74) is 0.642. The Kier molecular flexibility index (Phi) is 3.62. The molecule has 0 aliphatic carbocycles. The third-order valence-corrected chi connectivity index (χ3v) is 5.93. The van der Waals surface area contributed by atoms with E-state index in [0.29, 0.717) is 24.0 Å². The van der Waals surface area contributed by atoms with Crippen molar-refractivity contribution in [1.82, 2.24) is 4.98 Å². The molecule has 0 radical (unpaired) electrons. The zero-order valence-corrected chi connectivity index (χ0v) is 14.7. The Hall–Kier alpha value is -2.57. The molecule has 0 saturated carbocycles. The number of ether oxygens (including phenoxy) is 1. The van der Waals surface area contributed by atoms with Crippen LogP contribution < -0.4 is 10.3 Å². The van der Waals surface area contributed by atoms with Crippen molar-refractivity contribution in [2.45, 2.75) is 0 Å². The van der Waals surface area contributed by atoms with Gasteiger partial charge in [-0.15, -0.1) is 11.3 Å². The maximum Gasteiger partial charge on any atom is 0.196 e. The summed E-state index contributed by atoms with van der Waals surface area (Å²) in [7, 11) is 0. The van der Waals surface area contributed by atoms with Crippen LogP contribution in [0, 0.1) is 5.82 Å². The van der Waals surface area contributed by atoms with Crippen molar-refractivity contribution in [1.29, 1.82) is 0 Å². The van der Waals surface area contributed by atoms with E-state index in [1.165, 1.54) is 23.5 Å². The average molecular weight is 366 g/mol. The number of halogens is 1. The number of morpholine rings is 1. The van der Waals surface area contributed by atoms with Gasteiger partial charge in [0.05, 0.1) is 28.8 Å². The molecular formula is C20H15FN2O2S. The van der Waals surface area contributed by atoms with Crippen molar-refractivity contribution in [2.75, 3.05) is 31.2 Å². The molecule has 1 aliphatic rings. The third kappa shape index (κ3) is 2.37. The molecule has 4 aromatic rings. The maximum absolute atomic E-state index is 13.7. The Labute approximate surface area is 152 Å². The summed E-state index contributed by atoms with van der Waals surface area (Å²) in [5, 5.41) is 1.86. The fourth-order valence-corrected chi connectivity index (χ4v) is 4.69. The summed E-state index contributed by atoms with van der Waals surface area (Å²) in [6.07, 6.45) is 0. The number of fused-ring (bicyclic) bond motifs is 4. The average Bonchev–Trinajstić information content (AvgIpc) is 2.68. The minimum Gasteiger partial charge on any atom is -0.378 e. The molecule has 130 valence electrons. The van der Waals surface area contributed by atoms with Crippen molar-refractivity contribution in [3.05, 3.63) is 58.5 Å². The predicted octanol–water partition coefficient (Wildman–Crippen LogP) is 3.94. The molecule has 0 spiro atoms. The lowest BCUT2D eigenvalue weighted by molar-refractivity contribution is 0.122. The molecule has 2 aromatic carbocycles. The Morgan fingerprint density at radius 2 is 1.88 bits per heavy atom. The van der Waals surface area contributed by atoms with Crippen LogP contribution in [0.2, 0.25) is 0 Å². The van der Waals surface area contributed by atoms with Crippen molar-refractivity contribution in [3.63, 3.8) is 0 Å². The van der Waals surface area contributed by atoms with E-state index in [0.717, 1.165) is 39.2 Å². The predicted molar refractivity (Wildman–Crippen MR) is 104 cm³/mol. The van der Waals surface area contributed by atoms with Crippen LogP contribution in [0.1, 0.15) is 0 Å². The lowest BCUT2D eigenvalue weighted by Crippen LogP contribution is -2.37. The van der Waals surface area contributed by atoms with E-state index in [1.54, 1.807) is 6.07 Å². The normalized spacial score (nSPS) is 15.2. The smallest absolute Gasteiger partial charge is 0.196 e. The second-order valence-electron chi connectivity index (χ2n) is 6.33. The standard InChI is InChI=1S/C20H15FN2O2S/c21-12-5-6-16-14(11-12)18(24)17-13-3-1-2-4-15(13)22-20(19(17)26-16)23-7-9-25-10-8-23/h1-6,11H,7-10H2. The number of anilines is 1. The van der Waals surface area contributed by atoms with Crippen LogP contribution in [-0.2, 0) is 4.74 Å². The number of pyridine rings is 1. The number of para-hydroxylation sites is 1. The molecule has 0 N–H and O–H groups in total. The number of hydrogen-bond acceptors (Lipinski definition) is 5. The molecule has 0 atom stereocenters. The van der Waals surface area contributed by atoms with Gasteiger partial charge in [0.15, 0.2) is 5.43 Å². The molecule has 3 heterocycles. The highest BCUT2D eigenvalue weighted by Gasteiger charge is 2.20. The first kappa shape index (κ1) is 15.7. The Bertz CT molecular complexity index is 1220. The fourth-order valence-electron chi connectivity index (χ4n) is 3.51. The second kappa shape index (κ2) is 6.00. The molecule has 2 aromatic heterocycles. The summed E-state index contributed by atoms with van der Waals surface area (Å²) in [6.45, 7) is 2.76. The number of nitrogens with zero attached hydrogens (tertiary/aromatic N) is 2. The summed E-state index contributed by atoms with van der Waals surface area (Å²) in [6, 6.07) is 12.0. The largest absolute Gasteiger partial charge is 0.378 e. The highest BCUT2D eigenvalue weighted by molar-refractivity contribution is 7.25. The van der Waals surface area contributed by atoms with Crippen molar-refractivity contribution >= 4 is 48.2 Å². The van der Waals surface area contributed by atoms with Crippen LogP contribution in [0.4, 0.5) is 10.2 Å². The Morgan fingerprint density at radius 1 is 1.08 bits per heavy atom. The van der Waals surface area contributed by atoms with Crippen LogP contribution in [0.15, 0.2) is 47.3 Å². The molecule has 1 fully saturated rings.